The van der Waals surface area contributed by atoms with Crippen molar-refractivity contribution >= 4 is 34.6 Å². The van der Waals surface area contributed by atoms with Gasteiger partial charge in [0.1, 0.15) is 6.54 Å². The van der Waals surface area contributed by atoms with E-state index in [1.54, 1.807) is 18.3 Å². The molecule has 3 heterocycles. The number of nitrogens with zero attached hydrogens (tertiary/aromatic N) is 3. The molecule has 0 unspecified atom stereocenters. The van der Waals surface area contributed by atoms with E-state index in [9.17, 15) is 14.4 Å². The highest BCUT2D eigenvalue weighted by Gasteiger charge is 2.38. The van der Waals surface area contributed by atoms with Gasteiger partial charge in [-0.2, -0.15) is 5.10 Å². The summed E-state index contributed by atoms with van der Waals surface area (Å²) in [5, 5.41) is 10.1. The number of Topliss-reactive ketones (excluding diaryl/α,β-unsaturated/α-hetero) is 1. The Balaban J connectivity index is 1.30. The van der Waals surface area contributed by atoms with Crippen molar-refractivity contribution in [3.63, 3.8) is 0 Å². The third-order valence-electron chi connectivity index (χ3n) is 6.45. The smallest absolute Gasteiger partial charge is 0.265 e. The molecule has 2 amide bonds. The summed E-state index contributed by atoms with van der Waals surface area (Å²) >= 11 is 1.15. The first-order chi connectivity index (χ1) is 15.9. The number of hydrogen-bond donors (Lipinski definition) is 2. The van der Waals surface area contributed by atoms with Crippen LogP contribution in [0.2, 0.25) is 0 Å². The zero-order chi connectivity index (χ0) is 23.3. The van der Waals surface area contributed by atoms with Crippen molar-refractivity contribution in [2.45, 2.75) is 51.1 Å². The maximum atomic E-state index is 12.7. The second-order valence-electron chi connectivity index (χ2n) is 8.76. The minimum atomic E-state index is -0.304. The first kappa shape index (κ1) is 23.6. The van der Waals surface area contributed by atoms with E-state index >= 15 is 0 Å². The number of rotatable bonds is 8. The number of anilines is 1. The standard InChI is InChI=1S/C23H31N5O4S/c1-17(29)19-5-6-20(33-19)22(31)26-18-13-25-28(14-18)15-21(30)24-16-23(7-3-2-4-8-23)27-9-11-32-12-10-27/h5-6,13-14H,2-4,7-12,15-16H2,1H3,(H,24,30)(H,26,31). The van der Waals surface area contributed by atoms with Crippen molar-refractivity contribution in [2.24, 2.45) is 0 Å². The van der Waals surface area contributed by atoms with E-state index < -0.39 is 0 Å². The number of nitrogens with one attached hydrogen (secondary N) is 2. The van der Waals surface area contributed by atoms with Crippen LogP contribution in [0.4, 0.5) is 5.69 Å². The van der Waals surface area contributed by atoms with Gasteiger partial charge in [-0.15, -0.1) is 11.3 Å². The Bertz CT molecular complexity index is 989. The van der Waals surface area contributed by atoms with Crippen LogP contribution in [-0.2, 0) is 16.1 Å². The van der Waals surface area contributed by atoms with E-state index in [0.717, 1.165) is 50.5 Å². The number of ketones is 1. The monoisotopic (exact) mass is 473 g/mol. The number of thiophene rings is 1. The number of amides is 2. The third-order valence-corrected chi connectivity index (χ3v) is 7.64. The molecule has 0 aromatic carbocycles. The van der Waals surface area contributed by atoms with Gasteiger partial charge in [-0.25, -0.2) is 0 Å². The Morgan fingerprint density at radius 2 is 1.85 bits per heavy atom. The van der Waals surface area contributed by atoms with Gasteiger partial charge >= 0.3 is 0 Å². The molecule has 1 aliphatic carbocycles. The number of carbonyl (C=O) groups excluding carboxylic acids is 3. The van der Waals surface area contributed by atoms with Crippen molar-refractivity contribution in [3.05, 3.63) is 34.3 Å². The number of morpholine rings is 1. The summed E-state index contributed by atoms with van der Waals surface area (Å²) < 4.78 is 7.04. The Morgan fingerprint density at radius 1 is 1.12 bits per heavy atom. The molecule has 0 spiro atoms. The molecule has 2 aromatic rings. The average molecular weight is 474 g/mol. The molecule has 2 N–H and O–H groups in total. The van der Waals surface area contributed by atoms with Gasteiger partial charge in [0, 0.05) is 31.4 Å². The molecule has 1 saturated heterocycles. The molecular weight excluding hydrogens is 442 g/mol. The van der Waals surface area contributed by atoms with Crippen LogP contribution < -0.4 is 10.6 Å². The lowest BCUT2D eigenvalue weighted by Gasteiger charge is -2.48. The summed E-state index contributed by atoms with van der Waals surface area (Å²) in [5.41, 5.74) is 0.517. The maximum absolute atomic E-state index is 12.7. The normalized spacial score (nSPS) is 18.6. The molecule has 0 atom stereocenters. The second kappa shape index (κ2) is 10.6. The molecule has 2 aliphatic rings. The lowest BCUT2D eigenvalue weighted by molar-refractivity contribution is -0.123. The highest BCUT2D eigenvalue weighted by Crippen LogP contribution is 2.33. The van der Waals surface area contributed by atoms with Crippen molar-refractivity contribution in [3.8, 4) is 0 Å². The third kappa shape index (κ3) is 5.87. The molecule has 2 aromatic heterocycles. The van der Waals surface area contributed by atoms with Gasteiger partial charge in [-0.1, -0.05) is 19.3 Å². The van der Waals surface area contributed by atoms with Crippen LogP contribution in [0.5, 0.6) is 0 Å². The highest BCUT2D eigenvalue weighted by atomic mass is 32.1. The largest absolute Gasteiger partial charge is 0.379 e. The van der Waals surface area contributed by atoms with E-state index in [1.807, 2.05) is 0 Å². The zero-order valence-electron chi connectivity index (χ0n) is 19.0. The lowest BCUT2D eigenvalue weighted by Crippen LogP contribution is -2.59. The van der Waals surface area contributed by atoms with Crippen LogP contribution in [0, 0.1) is 0 Å². The molecule has 2 fully saturated rings. The number of carbonyl (C=O) groups is 3. The topological polar surface area (TPSA) is 106 Å². The van der Waals surface area contributed by atoms with Crippen LogP contribution in [0.3, 0.4) is 0 Å². The van der Waals surface area contributed by atoms with Crippen LogP contribution in [-0.4, -0.2) is 70.7 Å². The summed E-state index contributed by atoms with van der Waals surface area (Å²) in [6.45, 7) is 5.51. The summed E-state index contributed by atoms with van der Waals surface area (Å²) in [7, 11) is 0. The van der Waals surface area contributed by atoms with E-state index in [1.165, 1.54) is 37.1 Å². The lowest BCUT2D eigenvalue weighted by atomic mass is 9.79. The van der Waals surface area contributed by atoms with Crippen LogP contribution >= 0.6 is 11.3 Å². The predicted molar refractivity (Wildman–Crippen MR) is 126 cm³/mol. The number of hydrogen-bond acceptors (Lipinski definition) is 7. The van der Waals surface area contributed by atoms with Crippen LogP contribution in [0.25, 0.3) is 0 Å². The molecule has 33 heavy (non-hydrogen) atoms. The fourth-order valence-electron chi connectivity index (χ4n) is 4.67. The van der Waals surface area contributed by atoms with Gasteiger partial charge in [0.05, 0.1) is 34.9 Å². The molecule has 0 radical (unpaired) electrons. The van der Waals surface area contributed by atoms with Gasteiger partial charge < -0.3 is 15.4 Å². The maximum Gasteiger partial charge on any atom is 0.265 e. The van der Waals surface area contributed by atoms with Crippen molar-refractivity contribution in [2.75, 3.05) is 38.2 Å². The summed E-state index contributed by atoms with van der Waals surface area (Å²) in [6.07, 6.45) is 8.97. The van der Waals surface area contributed by atoms with Crippen molar-refractivity contribution < 1.29 is 19.1 Å². The summed E-state index contributed by atoms with van der Waals surface area (Å²) in [6, 6.07) is 3.27. The zero-order valence-corrected chi connectivity index (χ0v) is 19.8. The van der Waals surface area contributed by atoms with Gasteiger partial charge in [0.15, 0.2) is 5.78 Å². The second-order valence-corrected chi connectivity index (χ2v) is 9.85. The van der Waals surface area contributed by atoms with E-state index in [0.29, 0.717) is 22.0 Å². The highest BCUT2D eigenvalue weighted by molar-refractivity contribution is 7.16. The van der Waals surface area contributed by atoms with E-state index in [2.05, 4.69) is 20.6 Å². The summed E-state index contributed by atoms with van der Waals surface area (Å²) in [5.74, 6) is -0.471. The van der Waals surface area contributed by atoms with Crippen LogP contribution in [0.1, 0.15) is 58.4 Å². The Morgan fingerprint density at radius 3 is 2.55 bits per heavy atom. The fraction of sp³-hybridized carbons (Fsp3) is 0.565. The minimum absolute atomic E-state index is 0.0143. The van der Waals surface area contributed by atoms with Gasteiger partial charge in [-0.05, 0) is 31.9 Å². The molecular formula is C23H31N5O4S. The number of aromatic nitrogens is 2. The SMILES string of the molecule is CC(=O)c1ccc(C(=O)Nc2cnn(CC(=O)NCC3(N4CCOCC4)CCCCC3)c2)s1. The van der Waals surface area contributed by atoms with Gasteiger partial charge in [0.2, 0.25) is 5.91 Å². The predicted octanol–water partition coefficient (Wildman–Crippen LogP) is 2.55. The number of ether oxygens (including phenoxy) is 1. The van der Waals surface area contributed by atoms with E-state index in [4.69, 9.17) is 4.74 Å². The van der Waals surface area contributed by atoms with Gasteiger partial charge in [0.25, 0.3) is 5.91 Å². The molecule has 4 rings (SSSR count). The Labute approximate surface area is 197 Å². The Hall–Kier alpha value is -2.56. The quantitative estimate of drug-likeness (QED) is 0.571. The molecule has 1 aliphatic heterocycles. The average Bonchev–Trinajstić information content (AvgIpc) is 3.49. The summed E-state index contributed by atoms with van der Waals surface area (Å²) in [4.78, 5) is 40.0. The first-order valence-electron chi connectivity index (χ1n) is 11.5. The van der Waals surface area contributed by atoms with Crippen molar-refractivity contribution in [1.29, 1.82) is 0 Å². The van der Waals surface area contributed by atoms with Crippen molar-refractivity contribution in [1.82, 2.24) is 20.0 Å². The van der Waals surface area contributed by atoms with Gasteiger partial charge in [-0.3, -0.25) is 24.0 Å². The fourth-order valence-corrected chi connectivity index (χ4v) is 5.47. The van der Waals surface area contributed by atoms with E-state index in [-0.39, 0.29) is 29.7 Å². The van der Waals surface area contributed by atoms with Crippen LogP contribution in [0.15, 0.2) is 24.5 Å². The molecule has 178 valence electrons. The Kier molecular flexibility index (Phi) is 7.56. The molecule has 1 saturated carbocycles. The molecule has 9 nitrogen and oxygen atoms in total. The first-order valence-corrected chi connectivity index (χ1v) is 12.3. The minimum Gasteiger partial charge on any atom is -0.379 e. The molecule has 10 heteroatoms. The molecule has 0 bridgehead atoms.